The van der Waals surface area contributed by atoms with Crippen molar-refractivity contribution >= 4 is 17.6 Å². The monoisotopic (exact) mass is 404 g/mol. The van der Waals surface area contributed by atoms with Gasteiger partial charge < -0.3 is 10.1 Å². The first-order valence-corrected chi connectivity index (χ1v) is 9.25. The number of esters is 1. The van der Waals surface area contributed by atoms with Gasteiger partial charge in [-0.05, 0) is 23.6 Å². The van der Waals surface area contributed by atoms with Crippen molar-refractivity contribution in [2.75, 3.05) is 7.11 Å². The SMILES string of the molecule is COC(=O)c1cc(C(=O)NC(Cc2ccccc2)c2ccccc2)cc([N+](=O)[O-])c1. The Hall–Kier alpha value is -4.00. The largest absolute Gasteiger partial charge is 0.465 e. The molecule has 3 aromatic rings. The van der Waals surface area contributed by atoms with Crippen molar-refractivity contribution in [1.29, 1.82) is 0 Å². The number of methoxy groups -OCH3 is 1. The number of carbonyl (C=O) groups is 2. The predicted octanol–water partition coefficient (Wildman–Crippen LogP) is 4.10. The Morgan fingerprint density at radius 1 is 0.967 bits per heavy atom. The number of nitrogens with one attached hydrogen (secondary N) is 1. The zero-order chi connectivity index (χ0) is 21.5. The number of benzene rings is 3. The quantitative estimate of drug-likeness (QED) is 0.363. The summed E-state index contributed by atoms with van der Waals surface area (Å²) in [5, 5.41) is 14.2. The minimum absolute atomic E-state index is 0.0126. The summed E-state index contributed by atoms with van der Waals surface area (Å²) in [6.07, 6.45) is 0.537. The van der Waals surface area contributed by atoms with Gasteiger partial charge >= 0.3 is 5.97 Å². The Morgan fingerprint density at radius 3 is 2.17 bits per heavy atom. The van der Waals surface area contributed by atoms with E-state index in [0.29, 0.717) is 6.42 Å². The molecule has 0 fully saturated rings. The van der Waals surface area contributed by atoms with Gasteiger partial charge in [0.2, 0.25) is 0 Å². The van der Waals surface area contributed by atoms with Crippen molar-refractivity contribution in [2.45, 2.75) is 12.5 Å². The molecule has 0 bridgehead atoms. The topological polar surface area (TPSA) is 98.5 Å². The molecule has 0 saturated heterocycles. The lowest BCUT2D eigenvalue weighted by Crippen LogP contribution is -2.30. The zero-order valence-corrected chi connectivity index (χ0v) is 16.3. The second-order valence-electron chi connectivity index (χ2n) is 6.64. The Balaban J connectivity index is 1.92. The fraction of sp³-hybridized carbons (Fsp3) is 0.130. The summed E-state index contributed by atoms with van der Waals surface area (Å²) in [6, 6.07) is 22.3. The summed E-state index contributed by atoms with van der Waals surface area (Å²) in [7, 11) is 1.17. The molecule has 0 aliphatic carbocycles. The molecule has 0 aliphatic heterocycles. The number of hydrogen-bond acceptors (Lipinski definition) is 5. The molecule has 1 amide bonds. The molecule has 0 heterocycles. The first kappa shape index (κ1) is 20.7. The van der Waals surface area contributed by atoms with Crippen LogP contribution in [-0.4, -0.2) is 23.9 Å². The molecule has 1 atom stereocenters. The van der Waals surface area contributed by atoms with Crippen molar-refractivity contribution in [1.82, 2.24) is 5.32 Å². The lowest BCUT2D eigenvalue weighted by Gasteiger charge is -2.20. The number of hydrogen-bond donors (Lipinski definition) is 1. The van der Waals surface area contributed by atoms with Crippen LogP contribution < -0.4 is 5.32 Å². The van der Waals surface area contributed by atoms with Gasteiger partial charge in [0.1, 0.15) is 0 Å². The minimum atomic E-state index is -0.753. The molecule has 0 spiro atoms. The third-order valence-electron chi connectivity index (χ3n) is 4.60. The molecule has 1 N–H and O–H groups in total. The number of nitro benzene ring substituents is 1. The summed E-state index contributed by atoms with van der Waals surface area (Å²) >= 11 is 0. The first-order chi connectivity index (χ1) is 14.5. The van der Waals surface area contributed by atoms with Crippen LogP contribution in [0.1, 0.15) is 37.9 Å². The molecule has 1 unspecified atom stereocenters. The van der Waals surface area contributed by atoms with E-state index in [0.717, 1.165) is 23.3 Å². The van der Waals surface area contributed by atoms with E-state index in [1.54, 1.807) is 0 Å². The smallest absolute Gasteiger partial charge is 0.338 e. The normalized spacial score (nSPS) is 11.4. The van der Waals surface area contributed by atoms with Crippen molar-refractivity contribution in [3.05, 3.63) is 111 Å². The molecular formula is C23H20N2O5. The van der Waals surface area contributed by atoms with Crippen LogP contribution in [0.4, 0.5) is 5.69 Å². The Labute approximate surface area is 173 Å². The van der Waals surface area contributed by atoms with Crippen molar-refractivity contribution in [3.8, 4) is 0 Å². The van der Waals surface area contributed by atoms with Crippen molar-refractivity contribution in [2.24, 2.45) is 0 Å². The van der Waals surface area contributed by atoms with Crippen LogP contribution >= 0.6 is 0 Å². The predicted molar refractivity (Wildman–Crippen MR) is 111 cm³/mol. The van der Waals surface area contributed by atoms with Crippen LogP contribution in [0.3, 0.4) is 0 Å². The molecule has 0 aliphatic rings. The second-order valence-corrected chi connectivity index (χ2v) is 6.64. The van der Waals surface area contributed by atoms with Crippen molar-refractivity contribution < 1.29 is 19.2 Å². The molecule has 3 rings (SSSR count). The summed E-state index contributed by atoms with van der Waals surface area (Å²) in [6.45, 7) is 0. The Morgan fingerprint density at radius 2 is 1.57 bits per heavy atom. The minimum Gasteiger partial charge on any atom is -0.465 e. The van der Waals surface area contributed by atoms with E-state index < -0.39 is 16.8 Å². The van der Waals surface area contributed by atoms with Gasteiger partial charge in [0.15, 0.2) is 0 Å². The van der Waals surface area contributed by atoms with E-state index in [4.69, 9.17) is 0 Å². The third kappa shape index (κ3) is 5.08. The average molecular weight is 404 g/mol. The third-order valence-corrected chi connectivity index (χ3v) is 4.60. The molecule has 152 valence electrons. The summed E-state index contributed by atoms with van der Waals surface area (Å²) in [5.74, 6) is -1.27. The molecule has 30 heavy (non-hydrogen) atoms. The summed E-state index contributed by atoms with van der Waals surface area (Å²) in [4.78, 5) is 35.4. The number of nitrogens with zero attached hydrogens (tertiary/aromatic N) is 1. The van der Waals surface area contributed by atoms with Crippen LogP contribution in [-0.2, 0) is 11.2 Å². The maximum absolute atomic E-state index is 13.0. The van der Waals surface area contributed by atoms with Gasteiger partial charge in [-0.1, -0.05) is 60.7 Å². The standard InChI is InChI=1S/C23H20N2O5/c1-30-23(27)19-13-18(14-20(15-19)25(28)29)22(26)24-21(17-10-6-3-7-11-17)12-16-8-4-2-5-9-16/h2-11,13-15,21H,12H2,1H3,(H,24,26). The van der Waals surface area contributed by atoms with Gasteiger partial charge in [0.25, 0.3) is 11.6 Å². The van der Waals surface area contributed by atoms with Gasteiger partial charge in [-0.2, -0.15) is 0 Å². The van der Waals surface area contributed by atoms with Crippen LogP contribution in [0.15, 0.2) is 78.9 Å². The fourth-order valence-electron chi connectivity index (χ4n) is 3.11. The van der Waals surface area contributed by atoms with Crippen molar-refractivity contribution in [3.63, 3.8) is 0 Å². The lowest BCUT2D eigenvalue weighted by atomic mass is 9.98. The van der Waals surface area contributed by atoms with E-state index in [1.165, 1.54) is 13.2 Å². The maximum Gasteiger partial charge on any atom is 0.338 e. The van der Waals surface area contributed by atoms with E-state index in [-0.39, 0.29) is 22.9 Å². The maximum atomic E-state index is 13.0. The van der Waals surface area contributed by atoms with E-state index >= 15 is 0 Å². The van der Waals surface area contributed by atoms with Crippen LogP contribution in [0, 0.1) is 10.1 Å². The van der Waals surface area contributed by atoms with Gasteiger partial charge in [-0.15, -0.1) is 0 Å². The molecule has 7 nitrogen and oxygen atoms in total. The number of non-ortho nitro benzene ring substituents is 1. The van der Waals surface area contributed by atoms with Crippen LogP contribution in [0.25, 0.3) is 0 Å². The van der Waals surface area contributed by atoms with E-state index in [1.807, 2.05) is 60.7 Å². The number of rotatable bonds is 7. The Kier molecular flexibility index (Phi) is 6.54. The highest BCUT2D eigenvalue weighted by Gasteiger charge is 2.21. The van der Waals surface area contributed by atoms with Crippen LogP contribution in [0.2, 0.25) is 0 Å². The highest BCUT2D eigenvalue weighted by molar-refractivity contribution is 5.99. The summed E-state index contributed by atoms with van der Waals surface area (Å²) in [5.41, 5.74) is 1.52. The Bertz CT molecular complexity index is 1050. The van der Waals surface area contributed by atoms with Gasteiger partial charge in [0, 0.05) is 17.7 Å². The first-order valence-electron chi connectivity index (χ1n) is 9.25. The average Bonchev–Trinajstić information content (AvgIpc) is 2.79. The van der Waals surface area contributed by atoms with E-state index in [2.05, 4.69) is 10.1 Å². The van der Waals surface area contributed by atoms with Gasteiger partial charge in [0.05, 0.1) is 23.6 Å². The molecule has 0 radical (unpaired) electrons. The molecular weight excluding hydrogens is 384 g/mol. The molecule has 7 heteroatoms. The highest BCUT2D eigenvalue weighted by Crippen LogP contribution is 2.22. The number of amides is 1. The summed E-state index contributed by atoms with van der Waals surface area (Å²) < 4.78 is 4.64. The highest BCUT2D eigenvalue weighted by atomic mass is 16.6. The van der Waals surface area contributed by atoms with Gasteiger partial charge in [-0.3, -0.25) is 14.9 Å². The second kappa shape index (κ2) is 9.47. The van der Waals surface area contributed by atoms with E-state index in [9.17, 15) is 19.7 Å². The van der Waals surface area contributed by atoms with Gasteiger partial charge in [-0.25, -0.2) is 4.79 Å². The van der Waals surface area contributed by atoms with Crippen LogP contribution in [0.5, 0.6) is 0 Å². The fourth-order valence-corrected chi connectivity index (χ4v) is 3.11. The lowest BCUT2D eigenvalue weighted by molar-refractivity contribution is -0.384. The molecule has 3 aromatic carbocycles. The zero-order valence-electron chi connectivity index (χ0n) is 16.3. The molecule has 0 saturated carbocycles. The number of carbonyl (C=O) groups excluding carboxylic acids is 2. The molecule has 0 aromatic heterocycles. The number of ether oxygens (including phenoxy) is 1. The number of nitro groups is 1.